The minimum absolute atomic E-state index is 0.230. The number of hydrogen-bond donors (Lipinski definition) is 0. The Labute approximate surface area is 142 Å². The van der Waals surface area contributed by atoms with Gasteiger partial charge in [0.25, 0.3) is 0 Å². The highest BCUT2D eigenvalue weighted by molar-refractivity contribution is 5.76. The van der Waals surface area contributed by atoms with Gasteiger partial charge in [0.1, 0.15) is 12.1 Å². The van der Waals surface area contributed by atoms with Crippen molar-refractivity contribution in [2.24, 2.45) is 17.8 Å². The van der Waals surface area contributed by atoms with Crippen LogP contribution < -0.4 is 0 Å². The summed E-state index contributed by atoms with van der Waals surface area (Å²) in [6.07, 6.45) is 11.0. The van der Waals surface area contributed by atoms with E-state index in [1.54, 1.807) is 0 Å². The van der Waals surface area contributed by atoms with E-state index in [0.29, 0.717) is 5.56 Å². The summed E-state index contributed by atoms with van der Waals surface area (Å²) in [5, 5.41) is 0. The quantitative estimate of drug-likeness (QED) is 0.787. The van der Waals surface area contributed by atoms with E-state index in [-0.39, 0.29) is 5.41 Å². The molecule has 2 aromatic rings. The van der Waals surface area contributed by atoms with Gasteiger partial charge in [0.15, 0.2) is 0 Å². The number of carbonyl (C=O) groups excluding carboxylic acids is 1. The summed E-state index contributed by atoms with van der Waals surface area (Å²) in [5.41, 5.74) is 2.98. The lowest BCUT2D eigenvalue weighted by Crippen LogP contribution is -2.49. The molecular formula is C21H22N2O. The first-order valence-corrected chi connectivity index (χ1v) is 9.13. The number of nitrogens with zero attached hydrogens (tertiary/aromatic N) is 2. The lowest BCUT2D eigenvalue weighted by Gasteiger charge is -2.56. The van der Waals surface area contributed by atoms with E-state index in [0.717, 1.165) is 41.1 Å². The lowest BCUT2D eigenvalue weighted by atomic mass is 9.49. The van der Waals surface area contributed by atoms with Crippen molar-refractivity contribution in [2.45, 2.75) is 43.9 Å². The van der Waals surface area contributed by atoms with Gasteiger partial charge in [-0.05, 0) is 62.3 Å². The third-order valence-electron chi connectivity index (χ3n) is 6.51. The van der Waals surface area contributed by atoms with Gasteiger partial charge in [0, 0.05) is 22.7 Å². The molecule has 0 atom stereocenters. The predicted molar refractivity (Wildman–Crippen MR) is 92.7 cm³/mol. The van der Waals surface area contributed by atoms with Crippen LogP contribution in [0.5, 0.6) is 0 Å². The molecule has 0 aliphatic heterocycles. The van der Waals surface area contributed by atoms with Gasteiger partial charge in [0.05, 0.1) is 5.69 Å². The molecule has 0 unspecified atom stereocenters. The van der Waals surface area contributed by atoms with Crippen LogP contribution in [0, 0.1) is 17.8 Å². The number of aldehydes is 1. The minimum Gasteiger partial charge on any atom is -0.298 e. The van der Waals surface area contributed by atoms with Crippen molar-refractivity contribution in [2.75, 3.05) is 0 Å². The summed E-state index contributed by atoms with van der Waals surface area (Å²) in [7, 11) is 0. The van der Waals surface area contributed by atoms with Gasteiger partial charge in [-0.3, -0.25) is 4.79 Å². The zero-order valence-electron chi connectivity index (χ0n) is 13.8. The Morgan fingerprint density at radius 2 is 1.54 bits per heavy atom. The Morgan fingerprint density at radius 1 is 0.917 bits per heavy atom. The van der Waals surface area contributed by atoms with E-state index >= 15 is 0 Å². The molecule has 6 rings (SSSR count). The molecule has 1 aromatic heterocycles. The Balaban J connectivity index is 1.52. The van der Waals surface area contributed by atoms with Crippen LogP contribution in [0.15, 0.2) is 36.5 Å². The Morgan fingerprint density at radius 3 is 2.12 bits per heavy atom. The van der Waals surface area contributed by atoms with Crippen molar-refractivity contribution in [1.29, 1.82) is 0 Å². The summed E-state index contributed by atoms with van der Waals surface area (Å²) in [4.78, 5) is 20.6. The molecule has 0 saturated heterocycles. The second-order valence-electron chi connectivity index (χ2n) is 8.20. The number of aromatic nitrogens is 2. The van der Waals surface area contributed by atoms with Crippen LogP contribution in [-0.2, 0) is 5.41 Å². The Bertz CT molecular complexity index is 745. The summed E-state index contributed by atoms with van der Waals surface area (Å²) < 4.78 is 0. The largest absolute Gasteiger partial charge is 0.298 e. The molecule has 0 spiro atoms. The molecular weight excluding hydrogens is 296 g/mol. The van der Waals surface area contributed by atoms with Crippen LogP contribution >= 0.6 is 0 Å². The van der Waals surface area contributed by atoms with Crippen LogP contribution in [0.25, 0.3) is 11.3 Å². The van der Waals surface area contributed by atoms with E-state index in [1.807, 2.05) is 36.5 Å². The Hall–Kier alpha value is -2.03. The van der Waals surface area contributed by atoms with Gasteiger partial charge in [0.2, 0.25) is 0 Å². The molecule has 3 nitrogen and oxygen atoms in total. The van der Waals surface area contributed by atoms with Gasteiger partial charge in [-0.2, -0.15) is 0 Å². The van der Waals surface area contributed by atoms with Crippen molar-refractivity contribution >= 4 is 6.29 Å². The van der Waals surface area contributed by atoms with Crippen LogP contribution in [0.4, 0.5) is 0 Å². The van der Waals surface area contributed by atoms with Crippen LogP contribution in [0.3, 0.4) is 0 Å². The van der Waals surface area contributed by atoms with Crippen molar-refractivity contribution in [3.8, 4) is 11.3 Å². The molecule has 0 radical (unpaired) electrons. The van der Waals surface area contributed by atoms with E-state index in [1.165, 1.54) is 38.5 Å². The summed E-state index contributed by atoms with van der Waals surface area (Å²) >= 11 is 0. The van der Waals surface area contributed by atoms with Crippen molar-refractivity contribution in [3.05, 3.63) is 47.9 Å². The number of benzene rings is 1. The standard InChI is InChI=1S/C21H22N2O/c24-13-14-1-3-18(4-2-14)19-5-6-22-20(23-19)21-10-15-7-16(11-21)9-17(8-15)12-21/h1-6,13,15-17H,7-12H2. The maximum Gasteiger partial charge on any atom is 0.150 e. The lowest BCUT2D eigenvalue weighted by molar-refractivity contribution is -0.00935. The van der Waals surface area contributed by atoms with E-state index in [2.05, 4.69) is 0 Å². The monoisotopic (exact) mass is 318 g/mol. The van der Waals surface area contributed by atoms with Crippen LogP contribution in [0.1, 0.15) is 54.7 Å². The fourth-order valence-electron chi connectivity index (χ4n) is 5.89. The molecule has 1 aromatic carbocycles. The first-order valence-electron chi connectivity index (χ1n) is 9.13. The molecule has 4 bridgehead atoms. The summed E-state index contributed by atoms with van der Waals surface area (Å²) in [6, 6.07) is 9.66. The fraction of sp³-hybridized carbons (Fsp3) is 0.476. The predicted octanol–water partition coefficient (Wildman–Crippen LogP) is 4.42. The number of carbonyl (C=O) groups is 1. The van der Waals surface area contributed by atoms with Gasteiger partial charge in [-0.1, -0.05) is 24.3 Å². The summed E-state index contributed by atoms with van der Waals surface area (Å²) in [6.45, 7) is 0. The first kappa shape index (κ1) is 14.3. The molecule has 0 N–H and O–H groups in total. The van der Waals surface area contributed by atoms with Gasteiger partial charge >= 0.3 is 0 Å². The van der Waals surface area contributed by atoms with Crippen molar-refractivity contribution < 1.29 is 4.79 Å². The number of rotatable bonds is 3. The molecule has 4 fully saturated rings. The topological polar surface area (TPSA) is 42.9 Å². The molecule has 1 heterocycles. The minimum atomic E-state index is 0.230. The average Bonchev–Trinajstić information content (AvgIpc) is 2.61. The smallest absolute Gasteiger partial charge is 0.150 e. The molecule has 122 valence electrons. The van der Waals surface area contributed by atoms with Crippen molar-refractivity contribution in [3.63, 3.8) is 0 Å². The second kappa shape index (κ2) is 5.23. The maximum absolute atomic E-state index is 10.8. The average molecular weight is 318 g/mol. The Kier molecular flexibility index (Phi) is 3.12. The normalized spacial score (nSPS) is 33.6. The van der Waals surface area contributed by atoms with E-state index in [4.69, 9.17) is 9.97 Å². The fourth-order valence-corrected chi connectivity index (χ4v) is 5.89. The third-order valence-corrected chi connectivity index (χ3v) is 6.51. The zero-order valence-corrected chi connectivity index (χ0v) is 13.8. The molecule has 4 aliphatic rings. The molecule has 4 saturated carbocycles. The number of hydrogen-bond acceptors (Lipinski definition) is 3. The summed E-state index contributed by atoms with van der Waals surface area (Å²) in [5.74, 6) is 3.76. The van der Waals surface area contributed by atoms with E-state index < -0.39 is 0 Å². The molecule has 0 amide bonds. The van der Waals surface area contributed by atoms with E-state index in [9.17, 15) is 4.79 Å². The van der Waals surface area contributed by atoms with Gasteiger partial charge in [-0.25, -0.2) is 9.97 Å². The molecule has 3 heteroatoms. The molecule has 4 aliphatic carbocycles. The van der Waals surface area contributed by atoms with Gasteiger partial charge in [-0.15, -0.1) is 0 Å². The highest BCUT2D eigenvalue weighted by Crippen LogP contribution is 2.60. The first-order chi connectivity index (χ1) is 11.7. The van der Waals surface area contributed by atoms with Crippen molar-refractivity contribution in [1.82, 2.24) is 9.97 Å². The highest BCUT2D eigenvalue weighted by Gasteiger charge is 2.53. The van der Waals surface area contributed by atoms with Crippen LogP contribution in [-0.4, -0.2) is 16.3 Å². The maximum atomic E-state index is 10.8. The molecule has 24 heavy (non-hydrogen) atoms. The third kappa shape index (κ3) is 2.21. The highest BCUT2D eigenvalue weighted by atomic mass is 16.1. The van der Waals surface area contributed by atoms with Crippen LogP contribution in [0.2, 0.25) is 0 Å². The zero-order chi connectivity index (χ0) is 16.1. The van der Waals surface area contributed by atoms with Gasteiger partial charge < -0.3 is 0 Å². The SMILES string of the molecule is O=Cc1ccc(-c2ccnc(C34CC5CC(CC(C5)C3)C4)n2)cc1. The second-order valence-corrected chi connectivity index (χ2v) is 8.20.